The Morgan fingerprint density at radius 1 is 1.29 bits per heavy atom. The number of hydrogen-bond acceptors (Lipinski definition) is 3. The van der Waals surface area contributed by atoms with Crippen LogP contribution in [0.15, 0.2) is 24.3 Å². The van der Waals surface area contributed by atoms with Crippen molar-refractivity contribution in [1.29, 1.82) is 0 Å². The summed E-state index contributed by atoms with van der Waals surface area (Å²) in [6.07, 6.45) is 2.51. The Kier molecular flexibility index (Phi) is 7.39. The Hall–Kier alpha value is -1.40. The molecule has 21 heavy (non-hydrogen) atoms. The number of ether oxygens (including phenoxy) is 1. The molecule has 1 aromatic rings. The van der Waals surface area contributed by atoms with Gasteiger partial charge in [0, 0.05) is 12.1 Å². The summed E-state index contributed by atoms with van der Waals surface area (Å²) in [7, 11) is 0. The highest BCUT2D eigenvalue weighted by molar-refractivity contribution is 5.90. The van der Waals surface area contributed by atoms with E-state index in [0.717, 1.165) is 25.9 Å². The molecule has 1 aliphatic heterocycles. The summed E-state index contributed by atoms with van der Waals surface area (Å²) in [5.41, 5.74) is 0.588. The number of amides is 1. The van der Waals surface area contributed by atoms with Crippen LogP contribution >= 0.6 is 12.4 Å². The molecule has 4 nitrogen and oxygen atoms in total. The Balaban J connectivity index is 0.00000220. The zero-order chi connectivity index (χ0) is 14.4. The van der Waals surface area contributed by atoms with Crippen molar-refractivity contribution >= 4 is 24.0 Å². The molecule has 0 aliphatic carbocycles. The quantitative estimate of drug-likeness (QED) is 0.876. The second-order valence-corrected chi connectivity index (χ2v) is 4.85. The van der Waals surface area contributed by atoms with Gasteiger partial charge in [-0.2, -0.15) is 8.78 Å². The third kappa shape index (κ3) is 6.27. The van der Waals surface area contributed by atoms with E-state index in [9.17, 15) is 13.6 Å². The minimum atomic E-state index is -2.84. The van der Waals surface area contributed by atoms with Crippen LogP contribution in [0.4, 0.5) is 14.5 Å². The Labute approximate surface area is 128 Å². The number of hydrogen-bond donors (Lipinski definition) is 2. The minimum absolute atomic E-state index is 0. The highest BCUT2D eigenvalue weighted by atomic mass is 35.5. The van der Waals surface area contributed by atoms with Crippen molar-refractivity contribution in [3.63, 3.8) is 0 Å². The first kappa shape index (κ1) is 17.7. The molecule has 1 saturated heterocycles. The number of rotatable bonds is 5. The van der Waals surface area contributed by atoms with Crippen molar-refractivity contribution in [3.05, 3.63) is 24.3 Å². The largest absolute Gasteiger partial charge is 0.435 e. The third-order valence-electron chi connectivity index (χ3n) is 3.30. The van der Waals surface area contributed by atoms with Crippen LogP contribution in [0.1, 0.15) is 19.3 Å². The molecule has 0 atom stereocenters. The summed E-state index contributed by atoms with van der Waals surface area (Å²) in [6, 6.07) is 5.93. The van der Waals surface area contributed by atoms with Crippen LogP contribution < -0.4 is 15.4 Å². The van der Waals surface area contributed by atoms with E-state index in [2.05, 4.69) is 15.4 Å². The van der Waals surface area contributed by atoms with Crippen molar-refractivity contribution in [2.45, 2.75) is 25.9 Å². The maximum Gasteiger partial charge on any atom is 0.387 e. The molecule has 1 heterocycles. The van der Waals surface area contributed by atoms with E-state index in [1.807, 2.05) is 0 Å². The standard InChI is InChI=1S/C14H18F2N2O2.ClH/c15-14(16)20-12-3-1-11(2-4-12)18-13(19)9-10-5-7-17-8-6-10;/h1-4,10,14,17H,5-9H2,(H,18,19);1H. The fraction of sp³-hybridized carbons (Fsp3) is 0.500. The van der Waals surface area contributed by atoms with E-state index in [0.29, 0.717) is 18.0 Å². The van der Waals surface area contributed by atoms with Gasteiger partial charge in [0.25, 0.3) is 0 Å². The summed E-state index contributed by atoms with van der Waals surface area (Å²) in [5, 5.41) is 6.02. The molecule has 2 rings (SSSR count). The zero-order valence-electron chi connectivity index (χ0n) is 11.5. The molecule has 1 aromatic carbocycles. The maximum absolute atomic E-state index is 12.0. The number of carbonyl (C=O) groups is 1. The lowest BCUT2D eigenvalue weighted by atomic mass is 9.94. The first-order chi connectivity index (χ1) is 9.63. The van der Waals surface area contributed by atoms with E-state index >= 15 is 0 Å². The number of alkyl halides is 2. The van der Waals surface area contributed by atoms with Crippen molar-refractivity contribution in [3.8, 4) is 5.75 Å². The number of nitrogens with one attached hydrogen (secondary N) is 2. The minimum Gasteiger partial charge on any atom is -0.435 e. The van der Waals surface area contributed by atoms with Gasteiger partial charge in [0.2, 0.25) is 5.91 Å². The Bertz CT molecular complexity index is 437. The molecule has 0 bridgehead atoms. The van der Waals surface area contributed by atoms with Gasteiger partial charge in [-0.15, -0.1) is 12.4 Å². The van der Waals surface area contributed by atoms with Crippen LogP contribution in [0.5, 0.6) is 5.75 Å². The number of anilines is 1. The molecule has 1 aliphatic rings. The van der Waals surface area contributed by atoms with Gasteiger partial charge in [-0.1, -0.05) is 0 Å². The second-order valence-electron chi connectivity index (χ2n) is 4.85. The molecule has 0 radical (unpaired) electrons. The Morgan fingerprint density at radius 3 is 2.48 bits per heavy atom. The molecule has 0 spiro atoms. The number of halogens is 3. The van der Waals surface area contributed by atoms with Crippen LogP contribution in [-0.4, -0.2) is 25.6 Å². The molecular weight excluding hydrogens is 302 g/mol. The van der Waals surface area contributed by atoms with Gasteiger partial charge in [-0.05, 0) is 56.1 Å². The smallest absolute Gasteiger partial charge is 0.387 e. The van der Waals surface area contributed by atoms with Crippen molar-refractivity contribution in [2.24, 2.45) is 5.92 Å². The predicted octanol–water partition coefficient (Wildman–Crippen LogP) is 3.04. The van der Waals surface area contributed by atoms with Gasteiger partial charge >= 0.3 is 6.61 Å². The van der Waals surface area contributed by atoms with Crippen LogP contribution in [0.2, 0.25) is 0 Å². The van der Waals surface area contributed by atoms with Crippen LogP contribution in [0.3, 0.4) is 0 Å². The van der Waals surface area contributed by atoms with Crippen LogP contribution in [0, 0.1) is 5.92 Å². The summed E-state index contributed by atoms with van der Waals surface area (Å²) in [6.45, 7) is -0.926. The highest BCUT2D eigenvalue weighted by Crippen LogP contribution is 2.20. The average Bonchev–Trinajstić information content (AvgIpc) is 2.41. The van der Waals surface area contributed by atoms with Crippen molar-refractivity contribution in [1.82, 2.24) is 5.32 Å². The van der Waals surface area contributed by atoms with Gasteiger partial charge in [0.15, 0.2) is 0 Å². The predicted molar refractivity (Wildman–Crippen MR) is 79.2 cm³/mol. The Morgan fingerprint density at radius 2 is 1.90 bits per heavy atom. The molecule has 1 fully saturated rings. The monoisotopic (exact) mass is 320 g/mol. The fourth-order valence-electron chi connectivity index (χ4n) is 2.28. The number of benzene rings is 1. The molecule has 0 aromatic heterocycles. The van der Waals surface area contributed by atoms with Gasteiger partial charge in [0.05, 0.1) is 0 Å². The van der Waals surface area contributed by atoms with Crippen molar-refractivity contribution in [2.75, 3.05) is 18.4 Å². The molecule has 2 N–H and O–H groups in total. The normalized spacial score (nSPS) is 15.4. The van der Waals surface area contributed by atoms with Crippen molar-refractivity contribution < 1.29 is 18.3 Å². The summed E-state index contributed by atoms with van der Waals surface area (Å²) in [5.74, 6) is 0.452. The van der Waals surface area contributed by atoms with Crippen LogP contribution in [0.25, 0.3) is 0 Å². The van der Waals surface area contributed by atoms with E-state index in [4.69, 9.17) is 0 Å². The lowest BCUT2D eigenvalue weighted by Gasteiger charge is -2.21. The summed E-state index contributed by atoms with van der Waals surface area (Å²) >= 11 is 0. The van der Waals surface area contributed by atoms with Gasteiger partial charge in [0.1, 0.15) is 5.75 Å². The lowest BCUT2D eigenvalue weighted by molar-refractivity contribution is -0.117. The van der Waals surface area contributed by atoms with Gasteiger partial charge in [-0.3, -0.25) is 4.79 Å². The summed E-state index contributed by atoms with van der Waals surface area (Å²) < 4.78 is 28.2. The lowest BCUT2D eigenvalue weighted by Crippen LogP contribution is -2.30. The molecule has 0 saturated carbocycles. The molecule has 1 amide bonds. The number of piperidine rings is 1. The number of carbonyl (C=O) groups excluding carboxylic acids is 1. The van der Waals surface area contributed by atoms with Gasteiger partial charge in [-0.25, -0.2) is 0 Å². The molecular formula is C14H19ClF2N2O2. The summed E-state index contributed by atoms with van der Waals surface area (Å²) in [4.78, 5) is 11.9. The first-order valence-electron chi connectivity index (χ1n) is 6.69. The van der Waals surface area contributed by atoms with E-state index in [1.165, 1.54) is 12.1 Å². The second kappa shape index (κ2) is 8.79. The van der Waals surface area contributed by atoms with E-state index in [-0.39, 0.29) is 24.1 Å². The molecule has 0 unspecified atom stereocenters. The zero-order valence-corrected chi connectivity index (χ0v) is 12.3. The van der Waals surface area contributed by atoms with E-state index in [1.54, 1.807) is 12.1 Å². The first-order valence-corrected chi connectivity index (χ1v) is 6.69. The van der Waals surface area contributed by atoms with Gasteiger partial charge < -0.3 is 15.4 Å². The highest BCUT2D eigenvalue weighted by Gasteiger charge is 2.16. The van der Waals surface area contributed by atoms with Crippen LogP contribution in [-0.2, 0) is 4.79 Å². The fourth-order valence-corrected chi connectivity index (χ4v) is 2.28. The topological polar surface area (TPSA) is 50.4 Å². The SMILES string of the molecule is Cl.O=C(CC1CCNCC1)Nc1ccc(OC(F)F)cc1. The molecule has 7 heteroatoms. The van der Waals surface area contributed by atoms with E-state index < -0.39 is 6.61 Å². The third-order valence-corrected chi connectivity index (χ3v) is 3.30. The average molecular weight is 321 g/mol. The molecule has 118 valence electrons. The maximum atomic E-state index is 12.0.